The van der Waals surface area contributed by atoms with Crippen LogP contribution in [0.2, 0.25) is 0 Å². The molecule has 0 saturated heterocycles. The highest BCUT2D eigenvalue weighted by molar-refractivity contribution is 7.10. The first-order valence-electron chi connectivity index (χ1n) is 13.7. The molecule has 7 atom stereocenters. The topological polar surface area (TPSA) is 247 Å². The molecule has 0 spiro atoms. The van der Waals surface area contributed by atoms with Gasteiger partial charge in [0.1, 0.15) is 27.8 Å². The third-order valence-corrected chi connectivity index (χ3v) is 9.70. The van der Waals surface area contributed by atoms with Crippen LogP contribution in [-0.4, -0.2) is 97.3 Å². The molecule has 0 bridgehead atoms. The number of aliphatic hydroxyl groups is 4. The lowest BCUT2D eigenvalue weighted by atomic mass is 9.54. The van der Waals surface area contributed by atoms with Crippen molar-refractivity contribution in [3.05, 3.63) is 61.8 Å². The van der Waals surface area contributed by atoms with Crippen LogP contribution in [0.15, 0.2) is 34.4 Å². The van der Waals surface area contributed by atoms with Gasteiger partial charge in [-0.2, -0.15) is 0 Å². The summed E-state index contributed by atoms with van der Waals surface area (Å²) in [6.45, 7) is 3.41. The van der Waals surface area contributed by atoms with Crippen molar-refractivity contribution in [2.24, 2.45) is 23.3 Å². The number of phenolic OH excluding ortho intramolecular Hbond substituents is 1. The SMILES string of the molecule is CCOC(=O)c1csc(C(N)c2ccc3c(c2O)C(O)=C2C(=O)[C@]4(O)C(O)=C(C(N)=O)C(=O)[C@@H](N(C)C)C4[C@@H](O)C2[C@H]3C)n1. The number of esters is 1. The van der Waals surface area contributed by atoms with Gasteiger partial charge < -0.3 is 41.7 Å². The second-order valence-electron chi connectivity index (χ2n) is 11.3. The minimum atomic E-state index is -3.02. The molecule has 5 rings (SSSR count). The number of aliphatic hydroxyl groups excluding tert-OH is 3. The molecule has 15 heteroatoms. The molecule has 2 aromatic rings. The Balaban J connectivity index is 1.68. The van der Waals surface area contributed by atoms with Crippen molar-refractivity contribution in [3.8, 4) is 5.75 Å². The molecule has 1 amide bonds. The lowest BCUT2D eigenvalue weighted by Crippen LogP contribution is -2.70. The average Bonchev–Trinajstić information content (AvgIpc) is 3.45. The fourth-order valence-corrected chi connectivity index (χ4v) is 7.55. The van der Waals surface area contributed by atoms with Gasteiger partial charge in [-0.05, 0) is 32.5 Å². The zero-order chi connectivity index (χ0) is 32.6. The van der Waals surface area contributed by atoms with E-state index in [1.807, 2.05) is 0 Å². The molecule has 1 heterocycles. The Morgan fingerprint density at radius 3 is 2.45 bits per heavy atom. The number of aromatic hydroxyl groups is 1. The number of nitrogens with two attached hydrogens (primary N) is 2. The molecule has 234 valence electrons. The van der Waals surface area contributed by atoms with Gasteiger partial charge in [-0.15, -0.1) is 11.3 Å². The molecule has 1 aromatic carbocycles. The third kappa shape index (κ3) is 4.18. The van der Waals surface area contributed by atoms with E-state index in [0.717, 1.165) is 11.3 Å². The molecule has 0 radical (unpaired) electrons. The van der Waals surface area contributed by atoms with Gasteiger partial charge in [0.05, 0.1) is 36.3 Å². The van der Waals surface area contributed by atoms with Gasteiger partial charge in [0, 0.05) is 22.4 Å². The number of likely N-dealkylation sites (N-methyl/N-ethyl adjacent to an activating group) is 1. The molecule has 44 heavy (non-hydrogen) atoms. The third-order valence-electron chi connectivity index (χ3n) is 8.77. The maximum Gasteiger partial charge on any atom is 0.357 e. The summed E-state index contributed by atoms with van der Waals surface area (Å²) in [6.07, 6.45) is -1.70. The highest BCUT2D eigenvalue weighted by atomic mass is 32.1. The predicted molar refractivity (Wildman–Crippen MR) is 154 cm³/mol. The normalized spacial score (nSPS) is 28.9. The summed E-state index contributed by atoms with van der Waals surface area (Å²) in [4.78, 5) is 57.2. The Kier molecular flexibility index (Phi) is 7.66. The number of ether oxygens (including phenoxy) is 1. The fourth-order valence-electron chi connectivity index (χ4n) is 6.75. The monoisotopic (exact) mass is 628 g/mol. The smallest absolute Gasteiger partial charge is 0.357 e. The van der Waals surface area contributed by atoms with E-state index >= 15 is 0 Å². The molecule has 3 aliphatic carbocycles. The number of carbonyl (C=O) groups excluding carboxylic acids is 4. The van der Waals surface area contributed by atoms with Crippen LogP contribution >= 0.6 is 11.3 Å². The zero-order valence-corrected chi connectivity index (χ0v) is 25.0. The molecular formula is C29H32N4O10S. The second kappa shape index (κ2) is 10.8. The largest absolute Gasteiger partial charge is 0.508 e. The first-order chi connectivity index (χ1) is 20.6. The van der Waals surface area contributed by atoms with Gasteiger partial charge >= 0.3 is 5.97 Å². The van der Waals surface area contributed by atoms with Gasteiger partial charge in [0.25, 0.3) is 5.91 Å². The van der Waals surface area contributed by atoms with Crippen LogP contribution in [0, 0.1) is 11.8 Å². The zero-order valence-electron chi connectivity index (χ0n) is 24.1. The number of phenols is 1. The number of nitrogens with zero attached hydrogens (tertiary/aromatic N) is 2. The Labute approximate surface area is 254 Å². The number of rotatable bonds is 6. The number of carbonyl (C=O) groups is 4. The maximum absolute atomic E-state index is 14.1. The fraction of sp³-hybridized carbons (Fsp3) is 0.414. The number of thiazole rings is 1. The summed E-state index contributed by atoms with van der Waals surface area (Å²) in [5, 5.41) is 59.2. The van der Waals surface area contributed by atoms with Crippen LogP contribution in [0.3, 0.4) is 0 Å². The Morgan fingerprint density at radius 1 is 1.20 bits per heavy atom. The molecule has 3 unspecified atom stereocenters. The number of aromatic nitrogens is 1. The van der Waals surface area contributed by atoms with Crippen LogP contribution < -0.4 is 11.5 Å². The summed E-state index contributed by atoms with van der Waals surface area (Å²) in [6, 6.07) is 0.530. The highest BCUT2D eigenvalue weighted by Crippen LogP contribution is 2.56. The van der Waals surface area contributed by atoms with Crippen molar-refractivity contribution < 1.29 is 49.4 Å². The van der Waals surface area contributed by atoms with E-state index in [0.29, 0.717) is 5.56 Å². The van der Waals surface area contributed by atoms with Gasteiger partial charge in [-0.1, -0.05) is 19.1 Å². The van der Waals surface area contributed by atoms with Crippen molar-refractivity contribution in [2.45, 2.75) is 43.6 Å². The van der Waals surface area contributed by atoms with Crippen molar-refractivity contribution in [1.82, 2.24) is 9.88 Å². The molecule has 0 aliphatic heterocycles. The molecule has 1 aromatic heterocycles. The van der Waals surface area contributed by atoms with E-state index in [4.69, 9.17) is 16.2 Å². The van der Waals surface area contributed by atoms with Crippen LogP contribution in [-0.2, 0) is 19.1 Å². The van der Waals surface area contributed by atoms with Crippen LogP contribution in [0.1, 0.15) is 58.0 Å². The number of Topliss-reactive ketones (excluding diaryl/α,β-unsaturated/α-hetero) is 2. The lowest BCUT2D eigenvalue weighted by Gasteiger charge is -2.53. The van der Waals surface area contributed by atoms with E-state index in [-0.39, 0.29) is 28.4 Å². The summed E-state index contributed by atoms with van der Waals surface area (Å²) >= 11 is 1.05. The van der Waals surface area contributed by atoms with Gasteiger partial charge in [0.2, 0.25) is 5.78 Å². The number of amides is 1. The van der Waals surface area contributed by atoms with E-state index in [1.54, 1.807) is 19.9 Å². The lowest BCUT2D eigenvalue weighted by molar-refractivity contribution is -0.169. The highest BCUT2D eigenvalue weighted by Gasteiger charge is 2.68. The number of primary amides is 1. The molecule has 14 nitrogen and oxygen atoms in total. The van der Waals surface area contributed by atoms with Gasteiger partial charge in [-0.25, -0.2) is 9.78 Å². The van der Waals surface area contributed by atoms with E-state index in [2.05, 4.69) is 4.98 Å². The van der Waals surface area contributed by atoms with E-state index < -0.39 is 93.4 Å². The van der Waals surface area contributed by atoms with Crippen molar-refractivity contribution in [3.63, 3.8) is 0 Å². The van der Waals surface area contributed by atoms with Gasteiger partial charge in [0.15, 0.2) is 17.1 Å². The number of hydrogen-bond acceptors (Lipinski definition) is 14. The Hall–Kier alpha value is -4.15. The average molecular weight is 629 g/mol. The summed E-state index contributed by atoms with van der Waals surface area (Å²) in [5.74, 6) is -10.5. The van der Waals surface area contributed by atoms with Gasteiger partial charge in [-0.3, -0.25) is 19.3 Å². The van der Waals surface area contributed by atoms with Crippen LogP contribution in [0.4, 0.5) is 0 Å². The molecular weight excluding hydrogens is 596 g/mol. The first-order valence-corrected chi connectivity index (χ1v) is 14.6. The predicted octanol–water partition coefficient (Wildman–Crippen LogP) is 0.177. The summed E-state index contributed by atoms with van der Waals surface area (Å²) < 4.78 is 4.95. The van der Waals surface area contributed by atoms with Crippen LogP contribution in [0.25, 0.3) is 5.76 Å². The van der Waals surface area contributed by atoms with E-state index in [1.165, 1.54) is 30.4 Å². The van der Waals surface area contributed by atoms with Crippen LogP contribution in [0.5, 0.6) is 5.75 Å². The Bertz CT molecular complexity index is 1680. The minimum absolute atomic E-state index is 0.0240. The number of fused-ring (bicyclic) bond motifs is 3. The quantitative estimate of drug-likeness (QED) is 0.167. The molecule has 3 aliphatic rings. The Morgan fingerprint density at radius 2 is 1.86 bits per heavy atom. The van der Waals surface area contributed by atoms with Crippen molar-refractivity contribution >= 4 is 40.5 Å². The summed E-state index contributed by atoms with van der Waals surface area (Å²) in [5.41, 5.74) is 7.46. The minimum Gasteiger partial charge on any atom is -0.508 e. The molecule has 9 N–H and O–H groups in total. The maximum atomic E-state index is 14.1. The van der Waals surface area contributed by atoms with Crippen molar-refractivity contribution in [2.75, 3.05) is 20.7 Å². The number of benzene rings is 1. The first kappa shape index (κ1) is 31.3. The molecule has 1 saturated carbocycles. The number of hydrogen-bond donors (Lipinski definition) is 7. The van der Waals surface area contributed by atoms with Crippen molar-refractivity contribution in [1.29, 1.82) is 0 Å². The number of ketones is 2. The second-order valence-corrected chi connectivity index (χ2v) is 12.2. The van der Waals surface area contributed by atoms with E-state index in [9.17, 15) is 44.7 Å². The molecule has 1 fully saturated rings. The standard InChI is InChI=1S/C29H32N4O10S/c1-5-43-28(41)12-8-44-27(32-12)18(30)11-7-6-10-9(2)13-15(21(35)14(10)20(11)34)24(38)29(42)17(22(13)36)19(33(3)4)23(37)16(25(29)39)26(31)40/h6-9,13,17-19,22,34-36,39,42H,5,30H2,1-4H3,(H2,31,40)/t9-,13?,17?,18?,19-,22-,29-/m0/s1. The summed E-state index contributed by atoms with van der Waals surface area (Å²) in [7, 11) is 2.87.